The van der Waals surface area contributed by atoms with Crippen molar-refractivity contribution in [1.82, 2.24) is 9.13 Å². The standard InChI is InChI=1S/C11H17N3O3/c1-4-6-13-8(3)9(12-17)10(15)14(7-5-2)11(13)16/h4-7H2,1-3H3. The highest BCUT2D eigenvalue weighted by molar-refractivity contribution is 5.38. The zero-order chi connectivity index (χ0) is 13.0. The molecule has 0 aliphatic heterocycles. The average Bonchev–Trinajstić information content (AvgIpc) is 2.31. The smallest absolute Gasteiger partial charge is 0.296 e. The normalized spacial score (nSPS) is 10.5. The fourth-order valence-electron chi connectivity index (χ4n) is 1.80. The monoisotopic (exact) mass is 239 g/mol. The molecular weight excluding hydrogens is 222 g/mol. The lowest BCUT2D eigenvalue weighted by atomic mass is 10.3. The van der Waals surface area contributed by atoms with Gasteiger partial charge in [-0.25, -0.2) is 4.79 Å². The second-order valence-corrected chi connectivity index (χ2v) is 3.92. The molecule has 94 valence electrons. The van der Waals surface area contributed by atoms with Crippen LogP contribution in [0.4, 0.5) is 5.69 Å². The first kappa shape index (κ1) is 13.3. The Morgan fingerprint density at radius 1 is 1.06 bits per heavy atom. The first-order valence-corrected chi connectivity index (χ1v) is 5.76. The third-order valence-corrected chi connectivity index (χ3v) is 2.64. The van der Waals surface area contributed by atoms with Crippen molar-refractivity contribution in [2.24, 2.45) is 5.18 Å². The number of aromatic nitrogens is 2. The lowest BCUT2D eigenvalue weighted by Gasteiger charge is -2.13. The number of nitrogens with zero attached hydrogens (tertiary/aromatic N) is 3. The van der Waals surface area contributed by atoms with Crippen LogP contribution in [0.1, 0.15) is 32.4 Å². The van der Waals surface area contributed by atoms with Crippen LogP contribution >= 0.6 is 0 Å². The first-order chi connectivity index (χ1) is 8.08. The Morgan fingerprint density at radius 3 is 2.06 bits per heavy atom. The van der Waals surface area contributed by atoms with Crippen molar-refractivity contribution >= 4 is 5.69 Å². The molecule has 17 heavy (non-hydrogen) atoms. The average molecular weight is 239 g/mol. The highest BCUT2D eigenvalue weighted by Crippen LogP contribution is 2.10. The Balaban J connectivity index is 3.63. The van der Waals surface area contributed by atoms with Gasteiger partial charge in [-0.3, -0.25) is 13.9 Å². The van der Waals surface area contributed by atoms with Gasteiger partial charge in [0.25, 0.3) is 5.56 Å². The van der Waals surface area contributed by atoms with Gasteiger partial charge >= 0.3 is 5.69 Å². The summed E-state index contributed by atoms with van der Waals surface area (Å²) in [4.78, 5) is 34.6. The predicted octanol–water partition coefficient (Wildman–Crippen LogP) is 1.54. The molecule has 0 aliphatic rings. The van der Waals surface area contributed by atoms with Crippen molar-refractivity contribution < 1.29 is 0 Å². The molecule has 6 heteroatoms. The van der Waals surface area contributed by atoms with Gasteiger partial charge in [0.15, 0.2) is 5.69 Å². The van der Waals surface area contributed by atoms with Gasteiger partial charge in [-0.2, -0.15) is 0 Å². The Morgan fingerprint density at radius 2 is 1.59 bits per heavy atom. The van der Waals surface area contributed by atoms with Gasteiger partial charge in [-0.1, -0.05) is 13.8 Å². The van der Waals surface area contributed by atoms with E-state index < -0.39 is 5.56 Å². The second kappa shape index (κ2) is 5.56. The van der Waals surface area contributed by atoms with Crippen molar-refractivity contribution in [3.63, 3.8) is 0 Å². The van der Waals surface area contributed by atoms with Gasteiger partial charge in [-0.05, 0) is 24.9 Å². The second-order valence-electron chi connectivity index (χ2n) is 3.92. The maximum Gasteiger partial charge on any atom is 0.331 e. The van der Waals surface area contributed by atoms with Crippen LogP contribution in [0.5, 0.6) is 0 Å². The van der Waals surface area contributed by atoms with Gasteiger partial charge in [0.05, 0.1) is 5.69 Å². The summed E-state index contributed by atoms with van der Waals surface area (Å²) >= 11 is 0. The van der Waals surface area contributed by atoms with Crippen LogP contribution in [-0.2, 0) is 13.1 Å². The van der Waals surface area contributed by atoms with Gasteiger partial charge in [0, 0.05) is 13.1 Å². The van der Waals surface area contributed by atoms with Gasteiger partial charge in [0.1, 0.15) is 0 Å². The largest absolute Gasteiger partial charge is 0.331 e. The third-order valence-electron chi connectivity index (χ3n) is 2.64. The number of nitroso groups, excluding NO2 is 1. The summed E-state index contributed by atoms with van der Waals surface area (Å²) in [5.41, 5.74) is -0.754. The summed E-state index contributed by atoms with van der Waals surface area (Å²) in [7, 11) is 0. The summed E-state index contributed by atoms with van der Waals surface area (Å²) in [6.45, 7) is 6.16. The summed E-state index contributed by atoms with van der Waals surface area (Å²) in [6, 6.07) is 0. The maximum atomic E-state index is 12.0. The minimum Gasteiger partial charge on any atom is -0.296 e. The lowest BCUT2D eigenvalue weighted by Crippen LogP contribution is -2.40. The first-order valence-electron chi connectivity index (χ1n) is 5.76. The molecule has 0 aromatic carbocycles. The van der Waals surface area contributed by atoms with E-state index in [0.717, 1.165) is 11.0 Å². The molecule has 6 nitrogen and oxygen atoms in total. The fraction of sp³-hybridized carbons (Fsp3) is 0.636. The Labute approximate surface area is 98.9 Å². The molecule has 1 aromatic rings. The van der Waals surface area contributed by atoms with Gasteiger partial charge in [-0.15, -0.1) is 4.91 Å². The molecule has 1 rings (SSSR count). The van der Waals surface area contributed by atoms with Crippen molar-refractivity contribution in [2.45, 2.75) is 46.7 Å². The molecule has 0 radical (unpaired) electrons. The van der Waals surface area contributed by atoms with Crippen LogP contribution in [0.2, 0.25) is 0 Å². The van der Waals surface area contributed by atoms with Gasteiger partial charge < -0.3 is 0 Å². The summed E-state index contributed by atoms with van der Waals surface area (Å²) < 4.78 is 2.52. The number of hydrogen-bond donors (Lipinski definition) is 0. The zero-order valence-corrected chi connectivity index (χ0v) is 10.4. The summed E-state index contributed by atoms with van der Waals surface area (Å²) in [5, 5.41) is 2.75. The Bertz CT molecular complexity index is 528. The molecule has 0 unspecified atom stereocenters. The van der Waals surface area contributed by atoms with E-state index in [4.69, 9.17) is 0 Å². The predicted molar refractivity (Wildman–Crippen MR) is 65.7 cm³/mol. The van der Waals surface area contributed by atoms with Crippen LogP contribution < -0.4 is 11.2 Å². The topological polar surface area (TPSA) is 73.4 Å². The van der Waals surface area contributed by atoms with E-state index in [1.807, 2.05) is 13.8 Å². The molecule has 0 spiro atoms. The zero-order valence-electron chi connectivity index (χ0n) is 10.4. The molecule has 0 N–H and O–H groups in total. The molecule has 0 aliphatic carbocycles. The minimum absolute atomic E-state index is 0.161. The number of hydrogen-bond acceptors (Lipinski definition) is 4. The SMILES string of the molecule is CCCn1c(C)c(N=O)c(=O)n(CCC)c1=O. The van der Waals surface area contributed by atoms with E-state index in [9.17, 15) is 14.5 Å². The molecule has 0 fully saturated rings. The lowest BCUT2D eigenvalue weighted by molar-refractivity contribution is 0.531. The molecule has 0 amide bonds. The highest BCUT2D eigenvalue weighted by atomic mass is 16.3. The van der Waals surface area contributed by atoms with Crippen LogP contribution in [0, 0.1) is 11.8 Å². The van der Waals surface area contributed by atoms with E-state index in [-0.39, 0.29) is 11.4 Å². The Hall–Kier alpha value is -1.72. The van der Waals surface area contributed by atoms with E-state index in [0.29, 0.717) is 25.2 Å². The van der Waals surface area contributed by atoms with E-state index in [2.05, 4.69) is 5.18 Å². The van der Waals surface area contributed by atoms with Crippen molar-refractivity contribution in [3.8, 4) is 0 Å². The molecule has 0 saturated carbocycles. The van der Waals surface area contributed by atoms with Crippen molar-refractivity contribution in [3.05, 3.63) is 31.4 Å². The van der Waals surface area contributed by atoms with Crippen molar-refractivity contribution in [2.75, 3.05) is 0 Å². The minimum atomic E-state index is -0.586. The van der Waals surface area contributed by atoms with Crippen LogP contribution in [0.25, 0.3) is 0 Å². The molecule has 1 heterocycles. The maximum absolute atomic E-state index is 12.0. The van der Waals surface area contributed by atoms with E-state index in [1.165, 1.54) is 4.57 Å². The molecular formula is C11H17N3O3. The van der Waals surface area contributed by atoms with Crippen LogP contribution in [-0.4, -0.2) is 9.13 Å². The van der Waals surface area contributed by atoms with Crippen LogP contribution in [0.15, 0.2) is 14.8 Å². The fourth-order valence-corrected chi connectivity index (χ4v) is 1.80. The Kier molecular flexibility index (Phi) is 4.37. The highest BCUT2D eigenvalue weighted by Gasteiger charge is 2.15. The third kappa shape index (κ3) is 2.35. The van der Waals surface area contributed by atoms with E-state index in [1.54, 1.807) is 6.92 Å². The van der Waals surface area contributed by atoms with Gasteiger partial charge in [0.2, 0.25) is 0 Å². The molecule has 0 saturated heterocycles. The summed E-state index contributed by atoms with van der Waals surface area (Å²) in [5.74, 6) is 0. The van der Waals surface area contributed by atoms with E-state index >= 15 is 0 Å². The molecule has 0 bridgehead atoms. The quantitative estimate of drug-likeness (QED) is 0.731. The molecule has 0 atom stereocenters. The van der Waals surface area contributed by atoms with Crippen molar-refractivity contribution in [1.29, 1.82) is 0 Å². The summed E-state index contributed by atoms with van der Waals surface area (Å²) in [6.07, 6.45) is 1.41. The van der Waals surface area contributed by atoms with Crippen LogP contribution in [0.3, 0.4) is 0 Å². The number of rotatable bonds is 5. The molecule has 1 aromatic heterocycles.